The van der Waals surface area contributed by atoms with Crippen LogP contribution in [0.1, 0.15) is 6.92 Å². The third-order valence-electron chi connectivity index (χ3n) is 8.61. The van der Waals surface area contributed by atoms with E-state index in [0.717, 1.165) is 6.92 Å². The number of aliphatic hydroxyl groups excluding tert-OH is 13. The van der Waals surface area contributed by atoms with Crippen LogP contribution in [0, 0.1) is 0 Å². The molecule has 0 aliphatic carbocycles. The molecule has 22 nitrogen and oxygen atoms in total. The van der Waals surface area contributed by atoms with Gasteiger partial charge in [-0.1, -0.05) is 0 Å². The monoisotopic (exact) mass is 707 g/mol. The molecule has 4 rings (SSSR count). The molecule has 4 aliphatic heterocycles. The number of carbonyl (C=O) groups excluding carboxylic acids is 1. The van der Waals surface area contributed by atoms with Crippen LogP contribution in [0.25, 0.3) is 0 Å². The molecule has 14 N–H and O–H groups in total. The van der Waals surface area contributed by atoms with Gasteiger partial charge in [-0.15, -0.1) is 0 Å². The summed E-state index contributed by atoms with van der Waals surface area (Å²) < 4.78 is 38.2. The molecule has 280 valence electrons. The average Bonchev–Trinajstić information content (AvgIpc) is 3.06. The highest BCUT2D eigenvalue weighted by atomic mass is 16.8. The van der Waals surface area contributed by atoms with Crippen molar-refractivity contribution in [2.45, 2.75) is 130 Å². The van der Waals surface area contributed by atoms with Gasteiger partial charge in [0.15, 0.2) is 25.2 Å². The molecule has 0 saturated carbocycles. The Morgan fingerprint density at radius 3 is 1.46 bits per heavy atom. The zero-order valence-electron chi connectivity index (χ0n) is 25.5. The van der Waals surface area contributed by atoms with Crippen molar-refractivity contribution in [3.8, 4) is 0 Å². The first kappa shape index (κ1) is 39.5. The number of aliphatic hydroxyl groups is 13. The van der Waals surface area contributed by atoms with Crippen LogP contribution < -0.4 is 5.32 Å². The average molecular weight is 708 g/mol. The maximum absolute atomic E-state index is 11.7. The predicted octanol–water partition coefficient (Wildman–Crippen LogP) is -9.61. The van der Waals surface area contributed by atoms with Crippen LogP contribution in [-0.2, 0) is 38.0 Å². The fraction of sp³-hybridized carbons (Fsp3) is 0.962. The maximum Gasteiger partial charge on any atom is 0.217 e. The van der Waals surface area contributed by atoms with Crippen molar-refractivity contribution in [2.75, 3.05) is 26.4 Å². The van der Waals surface area contributed by atoms with Crippen molar-refractivity contribution in [2.24, 2.45) is 0 Å². The van der Waals surface area contributed by atoms with Gasteiger partial charge in [0.25, 0.3) is 0 Å². The summed E-state index contributed by atoms with van der Waals surface area (Å²) in [5.74, 6) is -0.677. The third-order valence-corrected chi connectivity index (χ3v) is 8.61. The smallest absolute Gasteiger partial charge is 0.217 e. The van der Waals surface area contributed by atoms with E-state index >= 15 is 0 Å². The Hall–Kier alpha value is -1.33. The maximum atomic E-state index is 11.7. The van der Waals surface area contributed by atoms with Crippen LogP contribution >= 0.6 is 0 Å². The second kappa shape index (κ2) is 16.8. The van der Waals surface area contributed by atoms with E-state index in [1.54, 1.807) is 0 Å². The Labute approximate surface area is 272 Å². The van der Waals surface area contributed by atoms with Crippen molar-refractivity contribution in [1.29, 1.82) is 0 Å². The second-order valence-electron chi connectivity index (χ2n) is 11.9. The van der Waals surface area contributed by atoms with Crippen molar-refractivity contribution < 1.29 is 104 Å². The van der Waals surface area contributed by atoms with Gasteiger partial charge < -0.3 is 105 Å². The van der Waals surface area contributed by atoms with Gasteiger partial charge in [-0.05, 0) is 0 Å². The molecule has 0 bridgehead atoms. The molecule has 0 aromatic carbocycles. The summed E-state index contributed by atoms with van der Waals surface area (Å²) in [7, 11) is 0. The first-order valence-corrected chi connectivity index (χ1v) is 15.1. The van der Waals surface area contributed by atoms with E-state index < -0.39 is 155 Å². The van der Waals surface area contributed by atoms with Crippen LogP contribution in [0.15, 0.2) is 0 Å². The quantitative estimate of drug-likeness (QED) is 0.0947. The van der Waals surface area contributed by atoms with E-state index in [1.807, 2.05) is 0 Å². The van der Waals surface area contributed by atoms with E-state index in [-0.39, 0.29) is 0 Å². The molecular weight excluding hydrogens is 662 g/mol. The van der Waals surface area contributed by atoms with Gasteiger partial charge in [0.05, 0.1) is 26.4 Å². The first-order valence-electron chi connectivity index (χ1n) is 15.1. The Balaban J connectivity index is 1.50. The number of hydrogen-bond acceptors (Lipinski definition) is 21. The summed E-state index contributed by atoms with van der Waals surface area (Å²) in [5, 5.41) is 137. The molecule has 1 unspecified atom stereocenters. The molecule has 4 saturated heterocycles. The molecule has 48 heavy (non-hydrogen) atoms. The minimum absolute atomic E-state index is 0.677. The lowest BCUT2D eigenvalue weighted by Crippen LogP contribution is -2.68. The zero-order chi connectivity index (χ0) is 35.6. The number of hydrogen-bond donors (Lipinski definition) is 14. The van der Waals surface area contributed by atoms with Crippen molar-refractivity contribution in [3.63, 3.8) is 0 Å². The van der Waals surface area contributed by atoms with Gasteiger partial charge in [-0.3, -0.25) is 4.79 Å². The Morgan fingerprint density at radius 1 is 0.500 bits per heavy atom. The summed E-state index contributed by atoms with van der Waals surface area (Å²) in [6.45, 7) is -2.33. The molecule has 0 radical (unpaired) electrons. The highest BCUT2D eigenvalue weighted by molar-refractivity contribution is 5.73. The van der Waals surface area contributed by atoms with Crippen LogP contribution in [0.4, 0.5) is 0 Å². The van der Waals surface area contributed by atoms with E-state index in [0.29, 0.717) is 0 Å². The second-order valence-corrected chi connectivity index (χ2v) is 11.9. The molecular formula is C26H45NO21. The molecule has 0 aromatic rings. The highest BCUT2D eigenvalue weighted by Gasteiger charge is 2.55. The summed E-state index contributed by atoms with van der Waals surface area (Å²) in [6, 6.07) is -1.46. The van der Waals surface area contributed by atoms with Gasteiger partial charge >= 0.3 is 0 Å². The summed E-state index contributed by atoms with van der Waals surface area (Å²) in [5.41, 5.74) is 0. The largest absolute Gasteiger partial charge is 0.394 e. The first-order chi connectivity index (χ1) is 22.7. The lowest BCUT2D eigenvalue weighted by atomic mass is 9.95. The van der Waals surface area contributed by atoms with Crippen LogP contribution in [0.5, 0.6) is 0 Å². The van der Waals surface area contributed by atoms with E-state index in [2.05, 4.69) is 5.32 Å². The summed E-state index contributed by atoms with van der Waals surface area (Å²) in [4.78, 5) is 11.7. The van der Waals surface area contributed by atoms with Gasteiger partial charge in [-0.25, -0.2) is 0 Å². The Morgan fingerprint density at radius 2 is 0.917 bits per heavy atom. The number of nitrogens with one attached hydrogen (secondary N) is 1. The lowest BCUT2D eigenvalue weighted by molar-refractivity contribution is -0.385. The minimum atomic E-state index is -2.04. The molecule has 0 aromatic heterocycles. The SMILES string of the molecule is CC(=O)N[C@H]1C(O)O[C@H](CO)[C@H](O)[C@@H]1O[C@@H]1O[C@H](CO)[C@H](O[C@H]2O[C@H](CO)[C@H](O)[C@H](O[C@H]3O[C@H](CO)[C@H](O)[C@H](O)[C@H]3O)[C@H]2O)[C@H](O)[C@H]1O. The van der Waals surface area contributed by atoms with Gasteiger partial charge in [0.2, 0.25) is 5.91 Å². The molecule has 4 aliphatic rings. The van der Waals surface area contributed by atoms with Gasteiger partial charge in [0.1, 0.15) is 97.6 Å². The van der Waals surface area contributed by atoms with E-state index in [1.165, 1.54) is 0 Å². The van der Waals surface area contributed by atoms with Crippen molar-refractivity contribution >= 4 is 5.91 Å². The van der Waals surface area contributed by atoms with E-state index in [4.69, 9.17) is 33.2 Å². The number of amides is 1. The summed E-state index contributed by atoms with van der Waals surface area (Å²) in [6.07, 6.45) is -33.7. The summed E-state index contributed by atoms with van der Waals surface area (Å²) >= 11 is 0. The number of carbonyl (C=O) groups is 1. The molecule has 22 heteroatoms. The molecule has 4 fully saturated rings. The molecule has 20 atom stereocenters. The van der Waals surface area contributed by atoms with E-state index in [9.17, 15) is 71.2 Å². The zero-order valence-corrected chi connectivity index (χ0v) is 25.5. The third kappa shape index (κ3) is 8.08. The van der Waals surface area contributed by atoms with Crippen LogP contribution in [-0.4, -0.2) is 221 Å². The van der Waals surface area contributed by atoms with Crippen LogP contribution in [0.3, 0.4) is 0 Å². The fourth-order valence-corrected chi connectivity index (χ4v) is 5.94. The fourth-order valence-electron chi connectivity index (χ4n) is 5.94. The predicted molar refractivity (Wildman–Crippen MR) is 145 cm³/mol. The Kier molecular flexibility index (Phi) is 13.8. The number of ether oxygens (including phenoxy) is 7. The van der Waals surface area contributed by atoms with Crippen LogP contribution in [0.2, 0.25) is 0 Å². The van der Waals surface area contributed by atoms with Crippen molar-refractivity contribution in [3.05, 3.63) is 0 Å². The van der Waals surface area contributed by atoms with Crippen molar-refractivity contribution in [1.82, 2.24) is 5.32 Å². The molecule has 0 spiro atoms. The lowest BCUT2D eigenvalue weighted by Gasteiger charge is -2.49. The molecule has 4 heterocycles. The molecule has 1 amide bonds. The topological polar surface area (TPSA) is 357 Å². The highest BCUT2D eigenvalue weighted by Crippen LogP contribution is 2.34. The standard InChI is InChI=1S/C26H45NO21/c1-6(32)27-11-21(13(34)8(3-29)42-23(11)41)47-25-18(39)16(37)20(10(5-31)45-25)46-26-19(40)22(14(35)9(4-30)44-26)48-24-17(38)15(36)12(33)7(2-28)43-24/h7-26,28-31,33-41H,2-5H2,1H3,(H,27,32)/t7-,8-,9-,10-,11-,12+,13+,14+,15+,16-,17-,18-,19-,20+,21-,22+,23?,24-,25+,26-/m1/s1. The van der Waals surface area contributed by atoms with Gasteiger partial charge in [0, 0.05) is 6.92 Å². The Bertz CT molecular complexity index is 1030. The van der Waals surface area contributed by atoms with Gasteiger partial charge in [-0.2, -0.15) is 0 Å². The minimum Gasteiger partial charge on any atom is -0.394 e. The number of rotatable bonds is 11. The normalized spacial score (nSPS) is 50.2.